The Morgan fingerprint density at radius 2 is 1.72 bits per heavy atom. The van der Waals surface area contributed by atoms with Crippen LogP contribution in [0.2, 0.25) is 0 Å². The van der Waals surface area contributed by atoms with Crippen molar-refractivity contribution >= 4 is 15.7 Å². The van der Waals surface area contributed by atoms with Crippen molar-refractivity contribution in [2.24, 2.45) is 5.73 Å². The molecule has 1 amide bonds. The summed E-state index contributed by atoms with van der Waals surface area (Å²) >= 11 is 0. The van der Waals surface area contributed by atoms with E-state index in [0.29, 0.717) is 16.4 Å². The molecule has 1 fully saturated rings. The van der Waals surface area contributed by atoms with Gasteiger partial charge in [0, 0.05) is 12.1 Å². The maximum atomic E-state index is 12.3. The Bertz CT molecular complexity index is 974. The number of likely N-dealkylation sites (tertiary alicyclic amines) is 1. The van der Waals surface area contributed by atoms with Crippen LogP contribution < -0.4 is 5.73 Å². The summed E-state index contributed by atoms with van der Waals surface area (Å²) in [6, 6.07) is 13.0. The number of carbonyl (C=O) groups is 1. The quantitative estimate of drug-likeness (QED) is 0.782. The van der Waals surface area contributed by atoms with E-state index < -0.39 is 15.1 Å². The van der Waals surface area contributed by atoms with Gasteiger partial charge in [-0.05, 0) is 93.6 Å². The van der Waals surface area contributed by atoms with Crippen LogP contribution in [-0.2, 0) is 16.4 Å². The number of amides is 1. The van der Waals surface area contributed by atoms with Crippen molar-refractivity contribution in [1.29, 1.82) is 0 Å². The smallest absolute Gasteiger partial charge is 0.248 e. The van der Waals surface area contributed by atoms with Gasteiger partial charge in [0.25, 0.3) is 0 Å². The highest BCUT2D eigenvalue weighted by Gasteiger charge is 2.23. The van der Waals surface area contributed by atoms with Crippen LogP contribution in [0.4, 0.5) is 0 Å². The molecule has 0 aromatic heterocycles. The van der Waals surface area contributed by atoms with Gasteiger partial charge in [-0.25, -0.2) is 8.42 Å². The van der Waals surface area contributed by atoms with E-state index >= 15 is 0 Å². The molecule has 6 heteroatoms. The molecule has 0 bridgehead atoms. The molecular formula is C23H30N2O3S. The molecule has 29 heavy (non-hydrogen) atoms. The number of hydrogen-bond acceptors (Lipinski definition) is 4. The van der Waals surface area contributed by atoms with Gasteiger partial charge in [0.15, 0.2) is 9.84 Å². The molecular weight excluding hydrogens is 384 g/mol. The first-order valence-electron chi connectivity index (χ1n) is 10.1. The second kappa shape index (κ2) is 8.67. The predicted octanol–water partition coefficient (Wildman–Crippen LogP) is 3.66. The standard InChI is InChI=1S/C23H30N2O3S/c1-16(2)29(27,28)21-8-5-18(6-9-21)15-25-12-10-19(11-13-25)22-14-20(23(24)26)7-4-17(22)3/h4-9,14,16,19H,10-13,15H2,1-3H3,(H2,24,26). The molecule has 2 N–H and O–H groups in total. The third kappa shape index (κ3) is 4.87. The third-order valence-electron chi connectivity index (χ3n) is 5.87. The molecule has 1 aliphatic rings. The normalized spacial score (nSPS) is 16.3. The molecule has 3 rings (SSSR count). The number of sulfone groups is 1. The van der Waals surface area contributed by atoms with Crippen LogP contribution in [0.15, 0.2) is 47.4 Å². The number of piperidine rings is 1. The van der Waals surface area contributed by atoms with E-state index in [-0.39, 0.29) is 5.91 Å². The fourth-order valence-corrected chi connectivity index (χ4v) is 5.01. The molecule has 0 spiro atoms. The highest BCUT2D eigenvalue weighted by molar-refractivity contribution is 7.92. The molecule has 1 heterocycles. The van der Waals surface area contributed by atoms with Crippen molar-refractivity contribution in [3.8, 4) is 0 Å². The summed E-state index contributed by atoms with van der Waals surface area (Å²) in [5, 5.41) is -0.413. The van der Waals surface area contributed by atoms with Crippen molar-refractivity contribution in [3.05, 3.63) is 64.7 Å². The molecule has 0 atom stereocenters. The number of benzene rings is 2. The number of nitrogens with zero attached hydrogens (tertiary/aromatic N) is 1. The van der Waals surface area contributed by atoms with Crippen molar-refractivity contribution in [1.82, 2.24) is 4.90 Å². The van der Waals surface area contributed by atoms with Crippen LogP contribution in [0.5, 0.6) is 0 Å². The molecule has 5 nitrogen and oxygen atoms in total. The van der Waals surface area contributed by atoms with Gasteiger partial charge in [-0.3, -0.25) is 9.69 Å². The average Bonchev–Trinajstić information content (AvgIpc) is 2.69. The monoisotopic (exact) mass is 414 g/mol. The SMILES string of the molecule is Cc1ccc(C(N)=O)cc1C1CCN(Cc2ccc(S(=O)(=O)C(C)C)cc2)CC1. The molecule has 0 unspecified atom stereocenters. The highest BCUT2D eigenvalue weighted by Crippen LogP contribution is 2.31. The fraction of sp³-hybridized carbons (Fsp3) is 0.435. The van der Waals surface area contributed by atoms with Gasteiger partial charge in [-0.1, -0.05) is 18.2 Å². The lowest BCUT2D eigenvalue weighted by Gasteiger charge is -2.33. The third-order valence-corrected chi connectivity index (χ3v) is 8.04. The van der Waals surface area contributed by atoms with Crippen molar-refractivity contribution < 1.29 is 13.2 Å². The number of rotatable bonds is 6. The zero-order valence-electron chi connectivity index (χ0n) is 17.4. The van der Waals surface area contributed by atoms with Gasteiger partial charge < -0.3 is 5.73 Å². The molecule has 156 valence electrons. The van der Waals surface area contributed by atoms with Gasteiger partial charge in [0.05, 0.1) is 10.1 Å². The fourth-order valence-electron chi connectivity index (χ4n) is 3.95. The minimum absolute atomic E-state index is 0.383. The van der Waals surface area contributed by atoms with Crippen molar-refractivity contribution in [2.75, 3.05) is 13.1 Å². The summed E-state index contributed by atoms with van der Waals surface area (Å²) in [6.45, 7) is 8.24. The first kappa shape index (κ1) is 21.5. The number of nitrogens with two attached hydrogens (primary N) is 1. The van der Waals surface area contributed by atoms with Crippen LogP contribution in [-0.4, -0.2) is 37.6 Å². The van der Waals surface area contributed by atoms with E-state index in [0.717, 1.165) is 38.0 Å². The summed E-state index contributed by atoms with van der Waals surface area (Å²) < 4.78 is 24.5. The van der Waals surface area contributed by atoms with E-state index in [9.17, 15) is 13.2 Å². The van der Waals surface area contributed by atoms with Gasteiger partial charge in [-0.2, -0.15) is 0 Å². The number of carbonyl (C=O) groups excluding carboxylic acids is 1. The molecule has 2 aromatic rings. The molecule has 2 aromatic carbocycles. The van der Waals surface area contributed by atoms with Crippen LogP contribution in [0.25, 0.3) is 0 Å². The Kier molecular flexibility index (Phi) is 6.44. The lowest BCUT2D eigenvalue weighted by Crippen LogP contribution is -2.32. The molecule has 0 saturated carbocycles. The molecule has 1 saturated heterocycles. The van der Waals surface area contributed by atoms with E-state index in [1.54, 1.807) is 32.0 Å². The maximum absolute atomic E-state index is 12.3. The van der Waals surface area contributed by atoms with E-state index in [1.165, 1.54) is 11.1 Å². The maximum Gasteiger partial charge on any atom is 0.248 e. The minimum atomic E-state index is -3.22. The Morgan fingerprint density at radius 3 is 2.28 bits per heavy atom. The van der Waals surface area contributed by atoms with E-state index in [1.807, 2.05) is 24.3 Å². The van der Waals surface area contributed by atoms with Gasteiger partial charge in [-0.15, -0.1) is 0 Å². The number of aryl methyl sites for hydroxylation is 1. The second-order valence-corrected chi connectivity index (χ2v) is 10.7. The summed E-state index contributed by atoms with van der Waals surface area (Å²) in [4.78, 5) is 14.3. The van der Waals surface area contributed by atoms with Crippen molar-refractivity contribution in [3.63, 3.8) is 0 Å². The minimum Gasteiger partial charge on any atom is -0.366 e. The summed E-state index contributed by atoms with van der Waals surface area (Å²) in [7, 11) is -3.22. The number of primary amides is 1. The van der Waals surface area contributed by atoms with Crippen LogP contribution in [0, 0.1) is 6.92 Å². The van der Waals surface area contributed by atoms with Crippen LogP contribution in [0.3, 0.4) is 0 Å². The zero-order valence-corrected chi connectivity index (χ0v) is 18.2. The highest BCUT2D eigenvalue weighted by atomic mass is 32.2. The predicted molar refractivity (Wildman–Crippen MR) is 116 cm³/mol. The Morgan fingerprint density at radius 1 is 1.10 bits per heavy atom. The number of hydrogen-bond donors (Lipinski definition) is 1. The second-order valence-electron chi connectivity index (χ2n) is 8.22. The Balaban J connectivity index is 1.62. The summed E-state index contributed by atoms with van der Waals surface area (Å²) in [6.07, 6.45) is 2.06. The lowest BCUT2D eigenvalue weighted by molar-refractivity contribution is 0.1000. The Hall–Kier alpha value is -2.18. The van der Waals surface area contributed by atoms with Gasteiger partial charge in [0.2, 0.25) is 5.91 Å². The molecule has 0 radical (unpaired) electrons. The lowest BCUT2D eigenvalue weighted by atomic mass is 9.85. The van der Waals surface area contributed by atoms with E-state index in [4.69, 9.17) is 5.73 Å². The Labute approximate surface area is 173 Å². The average molecular weight is 415 g/mol. The molecule has 1 aliphatic heterocycles. The molecule has 0 aliphatic carbocycles. The van der Waals surface area contributed by atoms with E-state index in [2.05, 4.69) is 11.8 Å². The van der Waals surface area contributed by atoms with Crippen LogP contribution >= 0.6 is 0 Å². The van der Waals surface area contributed by atoms with Gasteiger partial charge in [0.1, 0.15) is 0 Å². The first-order valence-corrected chi connectivity index (χ1v) is 11.7. The topological polar surface area (TPSA) is 80.5 Å². The zero-order chi connectivity index (χ0) is 21.2. The van der Waals surface area contributed by atoms with Gasteiger partial charge >= 0.3 is 0 Å². The summed E-state index contributed by atoms with van der Waals surface area (Å²) in [5.74, 6) is 0.0516. The first-order chi connectivity index (χ1) is 13.7. The van der Waals surface area contributed by atoms with Crippen molar-refractivity contribution in [2.45, 2.75) is 56.2 Å². The van der Waals surface area contributed by atoms with Crippen LogP contribution in [0.1, 0.15) is 59.7 Å². The summed E-state index contributed by atoms with van der Waals surface area (Å²) in [5.41, 5.74) is 9.57. The largest absolute Gasteiger partial charge is 0.366 e.